The third-order valence-corrected chi connectivity index (χ3v) is 5.59. The van der Waals surface area contributed by atoms with Crippen LogP contribution in [-0.2, 0) is 4.79 Å². The van der Waals surface area contributed by atoms with Crippen molar-refractivity contribution in [2.24, 2.45) is 5.92 Å². The van der Waals surface area contributed by atoms with E-state index in [4.69, 9.17) is 9.47 Å². The summed E-state index contributed by atoms with van der Waals surface area (Å²) in [6, 6.07) is 11.8. The van der Waals surface area contributed by atoms with Crippen LogP contribution in [0.2, 0.25) is 0 Å². The molecular weight excluding hydrogens is 347 g/mol. The van der Waals surface area contributed by atoms with E-state index >= 15 is 0 Å². The molecule has 0 radical (unpaired) electrons. The molecule has 2 fully saturated rings. The van der Waals surface area contributed by atoms with Crippen molar-refractivity contribution in [3.05, 3.63) is 53.8 Å². The van der Waals surface area contributed by atoms with Gasteiger partial charge in [-0.05, 0) is 61.3 Å². The Labute approximate surface area is 157 Å². The van der Waals surface area contributed by atoms with Crippen LogP contribution < -0.4 is 14.8 Å². The van der Waals surface area contributed by atoms with Crippen LogP contribution in [0.15, 0.2) is 42.5 Å². The molecule has 5 rings (SSSR count). The smallest absolute Gasteiger partial charge is 0.228 e. The molecular formula is C21H21FN2O3. The van der Waals surface area contributed by atoms with Crippen molar-refractivity contribution in [3.8, 4) is 11.5 Å². The zero-order chi connectivity index (χ0) is 18.5. The van der Waals surface area contributed by atoms with E-state index in [9.17, 15) is 9.18 Å². The molecule has 2 aromatic rings. The summed E-state index contributed by atoms with van der Waals surface area (Å²) in [6.45, 7) is 1.74. The van der Waals surface area contributed by atoms with E-state index in [1.54, 1.807) is 12.1 Å². The van der Waals surface area contributed by atoms with Crippen molar-refractivity contribution in [1.29, 1.82) is 0 Å². The molecule has 5 nitrogen and oxygen atoms in total. The first-order chi connectivity index (χ1) is 13.1. The van der Waals surface area contributed by atoms with Crippen molar-refractivity contribution in [3.63, 3.8) is 0 Å². The molecule has 6 heteroatoms. The highest BCUT2D eigenvalue weighted by Gasteiger charge is 2.45. The topological polar surface area (TPSA) is 50.8 Å². The summed E-state index contributed by atoms with van der Waals surface area (Å²) in [5.74, 6) is 1.33. The van der Waals surface area contributed by atoms with Gasteiger partial charge in [0, 0.05) is 24.7 Å². The molecule has 27 heavy (non-hydrogen) atoms. The summed E-state index contributed by atoms with van der Waals surface area (Å²) in [5, 5.41) is 2.86. The van der Waals surface area contributed by atoms with Gasteiger partial charge in [-0.2, -0.15) is 0 Å². The van der Waals surface area contributed by atoms with Crippen LogP contribution in [-0.4, -0.2) is 43.2 Å². The van der Waals surface area contributed by atoms with Gasteiger partial charge in [-0.25, -0.2) is 4.39 Å². The largest absolute Gasteiger partial charge is 0.481 e. The van der Waals surface area contributed by atoms with Gasteiger partial charge in [-0.1, -0.05) is 6.07 Å². The standard InChI is InChI=1S/C21H21FN2O3/c1-24-10-19-20(11-24)27-18-8-12(2-7-17(18)26-19)15-9-16(15)21(25)23-14-5-3-13(22)4-6-14/h2-8,15-16,19-20H,9-11H2,1H3,(H,23,25). The predicted octanol–water partition coefficient (Wildman–Crippen LogP) is 3.02. The Morgan fingerprint density at radius 1 is 1.07 bits per heavy atom. The number of hydrogen-bond donors (Lipinski definition) is 1. The Morgan fingerprint density at radius 3 is 2.52 bits per heavy atom. The number of benzene rings is 2. The number of anilines is 1. The van der Waals surface area contributed by atoms with E-state index in [-0.39, 0.29) is 35.8 Å². The molecule has 140 valence electrons. The lowest BCUT2D eigenvalue weighted by atomic mass is 10.1. The molecule has 1 N–H and O–H groups in total. The molecule has 1 saturated carbocycles. The van der Waals surface area contributed by atoms with E-state index in [0.717, 1.165) is 36.6 Å². The van der Waals surface area contributed by atoms with Crippen LogP contribution in [0.25, 0.3) is 0 Å². The van der Waals surface area contributed by atoms with E-state index in [2.05, 4.69) is 17.3 Å². The van der Waals surface area contributed by atoms with E-state index in [0.29, 0.717) is 5.69 Å². The molecule has 0 aromatic heterocycles. The van der Waals surface area contributed by atoms with Gasteiger partial charge >= 0.3 is 0 Å². The third-order valence-electron chi connectivity index (χ3n) is 5.59. The Kier molecular flexibility index (Phi) is 3.82. The number of carbonyl (C=O) groups excluding carboxylic acids is 1. The number of nitrogens with one attached hydrogen (secondary N) is 1. The van der Waals surface area contributed by atoms with Crippen LogP contribution in [0.3, 0.4) is 0 Å². The van der Waals surface area contributed by atoms with Crippen molar-refractivity contribution in [1.82, 2.24) is 4.90 Å². The molecule has 0 spiro atoms. The van der Waals surface area contributed by atoms with Gasteiger partial charge in [-0.3, -0.25) is 9.69 Å². The van der Waals surface area contributed by atoms with Crippen molar-refractivity contribution in [2.75, 3.05) is 25.5 Å². The Hall–Kier alpha value is -2.60. The van der Waals surface area contributed by atoms with Crippen LogP contribution >= 0.6 is 0 Å². The van der Waals surface area contributed by atoms with Crippen molar-refractivity contribution in [2.45, 2.75) is 24.5 Å². The zero-order valence-electron chi connectivity index (χ0n) is 15.0. The monoisotopic (exact) mass is 368 g/mol. The number of carbonyl (C=O) groups is 1. The first-order valence-corrected chi connectivity index (χ1v) is 9.29. The summed E-state index contributed by atoms with van der Waals surface area (Å²) in [7, 11) is 2.07. The SMILES string of the molecule is CN1CC2Oc3ccc(C4CC4C(=O)Nc4ccc(F)cc4)cc3OC2C1. The minimum absolute atomic E-state index is 0.0287. The molecule has 2 aliphatic heterocycles. The number of amides is 1. The number of rotatable bonds is 3. The number of hydrogen-bond acceptors (Lipinski definition) is 4. The third kappa shape index (κ3) is 3.14. The summed E-state index contributed by atoms with van der Waals surface area (Å²) < 4.78 is 25.2. The highest BCUT2D eigenvalue weighted by molar-refractivity contribution is 5.95. The average molecular weight is 368 g/mol. The second-order valence-electron chi connectivity index (χ2n) is 7.68. The van der Waals surface area contributed by atoms with Crippen LogP contribution in [0.4, 0.5) is 10.1 Å². The van der Waals surface area contributed by atoms with Gasteiger partial charge in [0.15, 0.2) is 11.5 Å². The van der Waals surface area contributed by atoms with Gasteiger partial charge in [0.25, 0.3) is 0 Å². The molecule has 0 bridgehead atoms. The second kappa shape index (κ2) is 6.23. The number of likely N-dealkylation sites (N-methyl/N-ethyl adjacent to an activating group) is 1. The van der Waals surface area contributed by atoms with Gasteiger partial charge in [-0.15, -0.1) is 0 Å². The van der Waals surface area contributed by atoms with Gasteiger partial charge in [0.05, 0.1) is 0 Å². The minimum Gasteiger partial charge on any atom is -0.481 e. The van der Waals surface area contributed by atoms with Crippen LogP contribution in [0.1, 0.15) is 17.9 Å². The quantitative estimate of drug-likeness (QED) is 0.905. The first-order valence-electron chi connectivity index (χ1n) is 9.29. The second-order valence-corrected chi connectivity index (χ2v) is 7.68. The van der Waals surface area contributed by atoms with Gasteiger partial charge < -0.3 is 14.8 Å². The lowest BCUT2D eigenvalue weighted by molar-refractivity contribution is -0.117. The Morgan fingerprint density at radius 2 is 1.78 bits per heavy atom. The van der Waals surface area contributed by atoms with Gasteiger partial charge in [0.1, 0.15) is 18.0 Å². The molecule has 1 amide bonds. The molecule has 2 heterocycles. The number of fused-ring (bicyclic) bond motifs is 2. The number of ether oxygens (including phenoxy) is 2. The van der Waals surface area contributed by atoms with Crippen LogP contribution in [0.5, 0.6) is 11.5 Å². The summed E-state index contributed by atoms with van der Waals surface area (Å²) in [5.41, 5.74) is 1.71. The highest BCUT2D eigenvalue weighted by atomic mass is 19.1. The fraction of sp³-hybridized carbons (Fsp3) is 0.381. The molecule has 2 aromatic carbocycles. The number of halogens is 1. The first kappa shape index (κ1) is 16.6. The average Bonchev–Trinajstić information content (AvgIpc) is 3.37. The van der Waals surface area contributed by atoms with Gasteiger partial charge in [0.2, 0.25) is 5.91 Å². The Balaban J connectivity index is 1.26. The maximum absolute atomic E-state index is 13.0. The summed E-state index contributed by atoms with van der Waals surface area (Å²) in [4.78, 5) is 14.7. The van der Waals surface area contributed by atoms with E-state index in [1.807, 2.05) is 18.2 Å². The molecule has 1 saturated heterocycles. The lowest BCUT2D eigenvalue weighted by Crippen LogP contribution is -2.38. The predicted molar refractivity (Wildman–Crippen MR) is 98.6 cm³/mol. The molecule has 4 unspecified atom stereocenters. The lowest BCUT2D eigenvalue weighted by Gasteiger charge is -2.29. The van der Waals surface area contributed by atoms with E-state index < -0.39 is 0 Å². The fourth-order valence-corrected chi connectivity index (χ4v) is 4.04. The fourth-order valence-electron chi connectivity index (χ4n) is 4.04. The maximum atomic E-state index is 13.0. The molecule has 3 aliphatic rings. The maximum Gasteiger partial charge on any atom is 0.228 e. The van der Waals surface area contributed by atoms with Crippen LogP contribution in [0, 0.1) is 11.7 Å². The zero-order valence-corrected chi connectivity index (χ0v) is 15.0. The van der Waals surface area contributed by atoms with Crippen molar-refractivity contribution < 1.29 is 18.7 Å². The highest BCUT2D eigenvalue weighted by Crippen LogP contribution is 2.50. The molecule has 4 atom stereocenters. The van der Waals surface area contributed by atoms with Crippen molar-refractivity contribution >= 4 is 11.6 Å². The minimum atomic E-state index is -0.315. The number of nitrogens with zero attached hydrogens (tertiary/aromatic N) is 1. The number of likely N-dealkylation sites (tertiary alicyclic amines) is 1. The van der Waals surface area contributed by atoms with E-state index in [1.165, 1.54) is 12.1 Å². The normalized spacial score (nSPS) is 28.5. The summed E-state index contributed by atoms with van der Waals surface area (Å²) in [6.07, 6.45) is 0.958. The Bertz CT molecular complexity index is 885. The summed E-state index contributed by atoms with van der Waals surface area (Å²) >= 11 is 0. The molecule has 1 aliphatic carbocycles.